The molecule has 0 N–H and O–H groups in total. The zero-order valence-corrected chi connectivity index (χ0v) is 22.5. The second-order valence-corrected chi connectivity index (χ2v) is 9.86. The van der Waals surface area contributed by atoms with Gasteiger partial charge in [-0.25, -0.2) is 0 Å². The number of rotatable bonds is 6. The summed E-state index contributed by atoms with van der Waals surface area (Å²) in [6, 6.07) is 22.6. The summed E-state index contributed by atoms with van der Waals surface area (Å²) in [5.74, 6) is 0. The van der Waals surface area contributed by atoms with E-state index in [1.165, 1.54) is 56.0 Å². The maximum absolute atomic E-state index is 3.93. The number of hydrogen-bond acceptors (Lipinski definition) is 1. The molecule has 0 saturated heterocycles. The lowest BCUT2D eigenvalue weighted by Gasteiger charge is -2.42. The third kappa shape index (κ3) is 4.54. The van der Waals surface area contributed by atoms with Crippen molar-refractivity contribution in [3.63, 3.8) is 0 Å². The molecule has 1 aliphatic rings. The Bertz CT molecular complexity index is 1390. The third-order valence-electron chi connectivity index (χ3n) is 7.07. The average Bonchev–Trinajstić information content (AvgIpc) is 2.88. The maximum atomic E-state index is 3.93. The molecule has 0 fully saturated rings. The molecule has 1 nitrogen and oxygen atoms in total. The Morgan fingerprint density at radius 3 is 1.94 bits per heavy atom. The summed E-state index contributed by atoms with van der Waals surface area (Å²) in [6.45, 7) is 17.0. The van der Waals surface area contributed by atoms with E-state index in [0.717, 1.165) is 0 Å². The van der Waals surface area contributed by atoms with E-state index in [4.69, 9.17) is 0 Å². The van der Waals surface area contributed by atoms with E-state index in [1.807, 2.05) is 6.08 Å². The predicted octanol–water partition coefficient (Wildman–Crippen LogP) is 10.2. The first kappa shape index (κ1) is 25.3. The van der Waals surface area contributed by atoms with Crippen LogP contribution >= 0.6 is 0 Å². The average molecular weight is 472 g/mol. The van der Waals surface area contributed by atoms with Gasteiger partial charge in [0, 0.05) is 11.1 Å². The van der Waals surface area contributed by atoms with Crippen molar-refractivity contribution in [2.75, 3.05) is 4.90 Å². The van der Waals surface area contributed by atoms with Crippen LogP contribution in [-0.2, 0) is 5.41 Å². The highest BCUT2D eigenvalue weighted by Crippen LogP contribution is 2.52. The van der Waals surface area contributed by atoms with Crippen molar-refractivity contribution in [1.29, 1.82) is 0 Å². The van der Waals surface area contributed by atoms with E-state index < -0.39 is 0 Å². The molecule has 0 saturated carbocycles. The molecule has 1 heteroatoms. The normalized spacial score (nSPS) is 15.3. The SMILES string of the molecule is C=C/C=C(\C=C/C)c1ccc2c(c1)C(C)(C)c1cc(C)ccc1N2c1ccc(C(/C=C\C)=C/C)cc1. The Balaban J connectivity index is 1.93. The van der Waals surface area contributed by atoms with Crippen LogP contribution in [0.5, 0.6) is 0 Å². The zero-order chi connectivity index (χ0) is 25.9. The van der Waals surface area contributed by atoms with Gasteiger partial charge in [0.05, 0.1) is 11.4 Å². The Kier molecular flexibility index (Phi) is 7.31. The van der Waals surface area contributed by atoms with E-state index in [1.54, 1.807) is 0 Å². The fourth-order valence-corrected chi connectivity index (χ4v) is 5.21. The predicted molar refractivity (Wildman–Crippen MR) is 159 cm³/mol. The Hall–Kier alpha value is -3.84. The third-order valence-corrected chi connectivity index (χ3v) is 7.07. The summed E-state index contributed by atoms with van der Waals surface area (Å²) < 4.78 is 0. The first-order chi connectivity index (χ1) is 17.3. The van der Waals surface area contributed by atoms with Gasteiger partial charge in [0.25, 0.3) is 0 Å². The smallest absolute Gasteiger partial charge is 0.0503 e. The van der Waals surface area contributed by atoms with E-state index in [0.29, 0.717) is 0 Å². The Morgan fingerprint density at radius 1 is 0.750 bits per heavy atom. The molecule has 0 radical (unpaired) electrons. The molecule has 0 bridgehead atoms. The van der Waals surface area contributed by atoms with Gasteiger partial charge in [-0.15, -0.1) is 0 Å². The van der Waals surface area contributed by atoms with Crippen LogP contribution in [-0.4, -0.2) is 0 Å². The highest BCUT2D eigenvalue weighted by Gasteiger charge is 2.37. The lowest BCUT2D eigenvalue weighted by Crippen LogP contribution is -2.31. The van der Waals surface area contributed by atoms with Gasteiger partial charge < -0.3 is 4.90 Å². The van der Waals surface area contributed by atoms with Crippen LogP contribution in [0.15, 0.2) is 110 Å². The molecule has 36 heavy (non-hydrogen) atoms. The van der Waals surface area contributed by atoms with Crippen molar-refractivity contribution < 1.29 is 0 Å². The molecule has 0 aliphatic carbocycles. The van der Waals surface area contributed by atoms with Gasteiger partial charge in [-0.05, 0) is 91.4 Å². The number of anilines is 3. The molecule has 0 atom stereocenters. The minimum Gasteiger partial charge on any atom is -0.310 e. The molecule has 3 aromatic carbocycles. The molecule has 0 amide bonds. The first-order valence-corrected chi connectivity index (χ1v) is 12.8. The second-order valence-electron chi connectivity index (χ2n) is 9.86. The molecule has 0 aromatic heterocycles. The van der Waals surface area contributed by atoms with Crippen LogP contribution in [0.25, 0.3) is 11.1 Å². The van der Waals surface area contributed by atoms with Gasteiger partial charge in [0.2, 0.25) is 0 Å². The van der Waals surface area contributed by atoms with Gasteiger partial charge in [-0.2, -0.15) is 0 Å². The molecule has 0 unspecified atom stereocenters. The summed E-state index contributed by atoms with van der Waals surface area (Å²) in [4.78, 5) is 2.42. The second kappa shape index (κ2) is 10.4. The van der Waals surface area contributed by atoms with E-state index in [2.05, 4.69) is 150 Å². The first-order valence-electron chi connectivity index (χ1n) is 12.8. The van der Waals surface area contributed by atoms with Crippen LogP contribution in [0, 0.1) is 6.92 Å². The maximum Gasteiger partial charge on any atom is 0.0503 e. The molecule has 0 spiro atoms. The molecular formula is C35H37N. The minimum atomic E-state index is -0.137. The number of hydrogen-bond donors (Lipinski definition) is 0. The van der Waals surface area contributed by atoms with Crippen LogP contribution in [0.2, 0.25) is 0 Å². The van der Waals surface area contributed by atoms with Crippen molar-refractivity contribution >= 4 is 28.2 Å². The van der Waals surface area contributed by atoms with Gasteiger partial charge in [-0.3, -0.25) is 0 Å². The summed E-state index contributed by atoms with van der Waals surface area (Å²) in [7, 11) is 0. The van der Waals surface area contributed by atoms with Gasteiger partial charge in [-0.1, -0.05) is 98.9 Å². The van der Waals surface area contributed by atoms with Crippen LogP contribution in [0.1, 0.15) is 62.4 Å². The summed E-state index contributed by atoms with van der Waals surface area (Å²) in [6.07, 6.45) is 14.6. The van der Waals surface area contributed by atoms with Crippen molar-refractivity contribution in [2.45, 2.75) is 47.0 Å². The Morgan fingerprint density at radius 2 is 1.33 bits per heavy atom. The molecule has 182 valence electrons. The lowest BCUT2D eigenvalue weighted by molar-refractivity contribution is 0.631. The fraction of sp³-hybridized carbons (Fsp3) is 0.200. The minimum absolute atomic E-state index is 0.137. The van der Waals surface area contributed by atoms with Crippen molar-refractivity contribution in [3.05, 3.63) is 138 Å². The quantitative estimate of drug-likeness (QED) is 0.323. The lowest BCUT2D eigenvalue weighted by atomic mass is 9.72. The van der Waals surface area contributed by atoms with Gasteiger partial charge >= 0.3 is 0 Å². The van der Waals surface area contributed by atoms with Gasteiger partial charge in [0.15, 0.2) is 0 Å². The number of benzene rings is 3. The zero-order valence-electron chi connectivity index (χ0n) is 22.5. The topological polar surface area (TPSA) is 3.24 Å². The van der Waals surface area contributed by atoms with Crippen LogP contribution < -0.4 is 4.90 Å². The number of nitrogens with zero attached hydrogens (tertiary/aromatic N) is 1. The standard InChI is InChI=1S/C35H37N/c1-8-12-26(11-4)28-16-19-30(20-17-28)36-33-21-15-25(5)23-31(33)35(6,7)32-24-29(18-22-34(32)36)27(13-9-2)14-10-3/h8-24H,2H2,1,3-7H3/b12-8-,14-10-,26-11+,27-13+. The summed E-state index contributed by atoms with van der Waals surface area (Å²) in [5.41, 5.74) is 12.3. The fourth-order valence-electron chi connectivity index (χ4n) is 5.21. The van der Waals surface area contributed by atoms with E-state index in [9.17, 15) is 0 Å². The summed E-state index contributed by atoms with van der Waals surface area (Å²) >= 11 is 0. The van der Waals surface area contributed by atoms with Crippen molar-refractivity contribution in [1.82, 2.24) is 0 Å². The molecular weight excluding hydrogens is 434 g/mol. The molecule has 1 aliphatic heterocycles. The van der Waals surface area contributed by atoms with Gasteiger partial charge in [0.1, 0.15) is 0 Å². The highest BCUT2D eigenvalue weighted by molar-refractivity contribution is 5.88. The summed E-state index contributed by atoms with van der Waals surface area (Å²) in [5, 5.41) is 0. The molecule has 3 aromatic rings. The monoisotopic (exact) mass is 471 g/mol. The van der Waals surface area contributed by atoms with E-state index in [-0.39, 0.29) is 5.41 Å². The molecule has 4 rings (SSSR count). The highest BCUT2D eigenvalue weighted by atomic mass is 15.2. The number of aryl methyl sites for hydroxylation is 1. The number of allylic oxidation sites excluding steroid dienone is 9. The van der Waals surface area contributed by atoms with Crippen LogP contribution in [0.4, 0.5) is 17.1 Å². The Labute approximate surface area is 217 Å². The number of fused-ring (bicyclic) bond motifs is 2. The molecule has 1 heterocycles. The largest absolute Gasteiger partial charge is 0.310 e. The van der Waals surface area contributed by atoms with Crippen LogP contribution in [0.3, 0.4) is 0 Å². The van der Waals surface area contributed by atoms with E-state index >= 15 is 0 Å². The van der Waals surface area contributed by atoms with Crippen molar-refractivity contribution in [3.8, 4) is 0 Å². The van der Waals surface area contributed by atoms with Crippen molar-refractivity contribution in [2.24, 2.45) is 0 Å².